The number of rotatable bonds is 11. The number of ether oxygens (including phenoxy) is 2. The van der Waals surface area contributed by atoms with Crippen LogP contribution in [0.3, 0.4) is 0 Å². The summed E-state index contributed by atoms with van der Waals surface area (Å²) >= 11 is 1.50. The lowest BCUT2D eigenvalue weighted by atomic mass is 10.3. The predicted octanol–water partition coefficient (Wildman–Crippen LogP) is 1.11. The lowest BCUT2D eigenvalue weighted by Gasteiger charge is -2.11. The Morgan fingerprint density at radius 3 is 2.24 bits per heavy atom. The second-order valence-corrected chi connectivity index (χ2v) is 5.75. The monoisotopic (exact) mass is 318 g/mol. The van der Waals surface area contributed by atoms with Crippen LogP contribution in [0.15, 0.2) is 12.2 Å². The van der Waals surface area contributed by atoms with Crippen molar-refractivity contribution in [3.8, 4) is 0 Å². The standard InChI is InChI=1S/C14H22O6S/c1-10(2)14(18)20-9-12(16)8-19-13(17)5-7-21-6-4-11(3)15/h12,16H,1,4-9H2,2-3H3. The Labute approximate surface area is 128 Å². The SMILES string of the molecule is C=C(C)C(=O)OCC(O)COC(=O)CCSCCC(C)=O. The van der Waals surface area contributed by atoms with E-state index in [9.17, 15) is 19.5 Å². The van der Waals surface area contributed by atoms with Gasteiger partial charge in [-0.25, -0.2) is 4.79 Å². The molecule has 0 saturated carbocycles. The first-order chi connectivity index (χ1) is 9.82. The van der Waals surface area contributed by atoms with Crippen LogP contribution in [0.5, 0.6) is 0 Å². The summed E-state index contributed by atoms with van der Waals surface area (Å²) in [6.45, 7) is 5.96. The van der Waals surface area contributed by atoms with Gasteiger partial charge in [0.05, 0.1) is 6.42 Å². The molecule has 0 aromatic rings. The number of ketones is 1. The smallest absolute Gasteiger partial charge is 0.333 e. The van der Waals surface area contributed by atoms with Crippen LogP contribution in [0.25, 0.3) is 0 Å². The van der Waals surface area contributed by atoms with Gasteiger partial charge in [-0.2, -0.15) is 11.8 Å². The van der Waals surface area contributed by atoms with E-state index in [2.05, 4.69) is 6.58 Å². The number of hydrogen-bond acceptors (Lipinski definition) is 7. The third-order valence-corrected chi connectivity index (χ3v) is 3.23. The maximum atomic E-state index is 11.4. The molecule has 0 fully saturated rings. The number of aliphatic hydroxyl groups excluding tert-OH is 1. The molecule has 1 unspecified atom stereocenters. The van der Waals surface area contributed by atoms with E-state index in [0.717, 1.165) is 0 Å². The first-order valence-corrected chi connectivity index (χ1v) is 7.72. The van der Waals surface area contributed by atoms with E-state index >= 15 is 0 Å². The fourth-order valence-electron chi connectivity index (χ4n) is 1.08. The Hall–Kier alpha value is -1.34. The van der Waals surface area contributed by atoms with Crippen LogP contribution in [-0.2, 0) is 23.9 Å². The molecule has 6 nitrogen and oxygen atoms in total. The minimum atomic E-state index is -1.05. The number of Topliss-reactive ketones (excluding diaryl/α,β-unsaturated/α-hetero) is 1. The minimum Gasteiger partial charge on any atom is -0.463 e. The third kappa shape index (κ3) is 12.1. The van der Waals surface area contributed by atoms with Crippen molar-refractivity contribution in [3.63, 3.8) is 0 Å². The van der Waals surface area contributed by atoms with Crippen LogP contribution in [0.1, 0.15) is 26.7 Å². The summed E-state index contributed by atoms with van der Waals surface area (Å²) in [6, 6.07) is 0. The van der Waals surface area contributed by atoms with E-state index in [4.69, 9.17) is 9.47 Å². The Morgan fingerprint density at radius 1 is 1.10 bits per heavy atom. The van der Waals surface area contributed by atoms with Crippen molar-refractivity contribution in [3.05, 3.63) is 12.2 Å². The zero-order chi connectivity index (χ0) is 16.3. The highest BCUT2D eigenvalue weighted by Gasteiger charge is 2.12. The van der Waals surface area contributed by atoms with Crippen LogP contribution in [0.2, 0.25) is 0 Å². The van der Waals surface area contributed by atoms with Crippen molar-refractivity contribution in [2.75, 3.05) is 24.7 Å². The molecule has 0 aliphatic carbocycles. The Bertz CT molecular complexity index is 380. The zero-order valence-electron chi connectivity index (χ0n) is 12.4. The normalized spacial score (nSPS) is 11.6. The number of carbonyl (C=O) groups is 3. The van der Waals surface area contributed by atoms with Gasteiger partial charge in [0, 0.05) is 23.5 Å². The molecule has 0 aliphatic heterocycles. The Balaban J connectivity index is 3.61. The van der Waals surface area contributed by atoms with E-state index in [0.29, 0.717) is 17.9 Å². The van der Waals surface area contributed by atoms with Gasteiger partial charge in [0.2, 0.25) is 0 Å². The van der Waals surface area contributed by atoms with Crippen LogP contribution in [-0.4, -0.2) is 53.7 Å². The summed E-state index contributed by atoms with van der Waals surface area (Å²) in [5.41, 5.74) is 0.238. The van der Waals surface area contributed by atoms with Crippen molar-refractivity contribution in [1.82, 2.24) is 0 Å². The molecule has 0 heterocycles. The quantitative estimate of drug-likeness (QED) is 0.347. The van der Waals surface area contributed by atoms with Gasteiger partial charge in [-0.3, -0.25) is 9.59 Å². The summed E-state index contributed by atoms with van der Waals surface area (Å²) in [4.78, 5) is 33.1. The topological polar surface area (TPSA) is 89.9 Å². The molecule has 1 atom stereocenters. The third-order valence-electron chi connectivity index (χ3n) is 2.24. The number of aliphatic hydroxyl groups is 1. The second kappa shape index (κ2) is 11.3. The highest BCUT2D eigenvalue weighted by atomic mass is 32.2. The van der Waals surface area contributed by atoms with Crippen molar-refractivity contribution in [2.24, 2.45) is 0 Å². The van der Waals surface area contributed by atoms with Crippen molar-refractivity contribution in [2.45, 2.75) is 32.8 Å². The van der Waals surface area contributed by atoms with Crippen LogP contribution in [0, 0.1) is 0 Å². The molecular formula is C14H22O6S. The van der Waals surface area contributed by atoms with Gasteiger partial charge in [0.1, 0.15) is 25.1 Å². The van der Waals surface area contributed by atoms with Gasteiger partial charge in [-0.15, -0.1) is 0 Å². The maximum absolute atomic E-state index is 11.4. The molecule has 0 spiro atoms. The first kappa shape index (κ1) is 19.7. The summed E-state index contributed by atoms with van der Waals surface area (Å²) in [5.74, 6) is 0.338. The number of thioether (sulfide) groups is 1. The summed E-state index contributed by atoms with van der Waals surface area (Å²) < 4.78 is 9.56. The molecule has 1 N–H and O–H groups in total. The lowest BCUT2D eigenvalue weighted by molar-refractivity contribution is -0.150. The molecule has 0 aliphatic rings. The van der Waals surface area contributed by atoms with Gasteiger partial charge in [0.25, 0.3) is 0 Å². The maximum Gasteiger partial charge on any atom is 0.333 e. The van der Waals surface area contributed by atoms with E-state index in [1.54, 1.807) is 0 Å². The molecule has 0 amide bonds. The van der Waals surface area contributed by atoms with Gasteiger partial charge < -0.3 is 14.6 Å². The molecule has 0 aromatic heterocycles. The van der Waals surface area contributed by atoms with E-state index < -0.39 is 18.0 Å². The van der Waals surface area contributed by atoms with Crippen molar-refractivity contribution >= 4 is 29.5 Å². The summed E-state index contributed by atoms with van der Waals surface area (Å²) in [6.07, 6.45) is -0.351. The molecule has 7 heteroatoms. The summed E-state index contributed by atoms with van der Waals surface area (Å²) in [5, 5.41) is 9.47. The van der Waals surface area contributed by atoms with E-state index in [1.807, 2.05) is 0 Å². The predicted molar refractivity (Wildman–Crippen MR) is 80.0 cm³/mol. The van der Waals surface area contributed by atoms with Gasteiger partial charge >= 0.3 is 11.9 Å². The van der Waals surface area contributed by atoms with Gasteiger partial charge in [0.15, 0.2) is 0 Å². The Morgan fingerprint density at radius 2 is 1.67 bits per heavy atom. The van der Waals surface area contributed by atoms with E-state index in [-0.39, 0.29) is 31.0 Å². The molecule has 0 bridgehead atoms. The Kier molecular flexibility index (Phi) is 10.6. The van der Waals surface area contributed by atoms with Crippen LogP contribution < -0.4 is 0 Å². The average molecular weight is 318 g/mol. The van der Waals surface area contributed by atoms with Crippen molar-refractivity contribution < 1.29 is 29.0 Å². The highest BCUT2D eigenvalue weighted by Crippen LogP contribution is 2.06. The minimum absolute atomic E-state index is 0.123. The fraction of sp³-hybridized carbons (Fsp3) is 0.643. The summed E-state index contributed by atoms with van der Waals surface area (Å²) in [7, 11) is 0. The number of carbonyl (C=O) groups excluding carboxylic acids is 3. The lowest BCUT2D eigenvalue weighted by Crippen LogP contribution is -2.25. The molecule has 21 heavy (non-hydrogen) atoms. The van der Waals surface area contributed by atoms with Gasteiger partial charge in [-0.05, 0) is 13.8 Å². The van der Waals surface area contributed by atoms with Crippen molar-refractivity contribution in [1.29, 1.82) is 0 Å². The molecule has 120 valence electrons. The average Bonchev–Trinajstić information content (AvgIpc) is 2.41. The molecule has 0 rings (SSSR count). The van der Waals surface area contributed by atoms with E-state index in [1.165, 1.54) is 25.6 Å². The number of esters is 2. The molecular weight excluding hydrogens is 296 g/mol. The van der Waals surface area contributed by atoms with Gasteiger partial charge in [-0.1, -0.05) is 6.58 Å². The highest BCUT2D eigenvalue weighted by molar-refractivity contribution is 7.99. The molecule has 0 saturated heterocycles. The van der Waals surface area contributed by atoms with Crippen LogP contribution in [0.4, 0.5) is 0 Å². The second-order valence-electron chi connectivity index (χ2n) is 4.53. The molecule has 0 aromatic carbocycles. The largest absolute Gasteiger partial charge is 0.463 e. The first-order valence-electron chi connectivity index (χ1n) is 6.56. The zero-order valence-corrected chi connectivity index (χ0v) is 13.2. The van der Waals surface area contributed by atoms with Crippen LogP contribution >= 0.6 is 11.8 Å². The fourth-order valence-corrected chi connectivity index (χ4v) is 2.02. The number of hydrogen-bond donors (Lipinski definition) is 1. The molecule has 0 radical (unpaired) electrons.